The molecule has 0 saturated carbocycles. The Bertz CT molecular complexity index is 435. The van der Waals surface area contributed by atoms with Gasteiger partial charge < -0.3 is 19.7 Å². The van der Waals surface area contributed by atoms with E-state index in [2.05, 4.69) is 0 Å². The van der Waals surface area contributed by atoms with E-state index >= 15 is 0 Å². The quantitative estimate of drug-likeness (QED) is 0.715. The van der Waals surface area contributed by atoms with Crippen LogP contribution in [-0.2, 0) is 9.53 Å². The highest BCUT2D eigenvalue weighted by Crippen LogP contribution is 2.27. The van der Waals surface area contributed by atoms with Crippen molar-refractivity contribution in [1.29, 1.82) is 0 Å². The summed E-state index contributed by atoms with van der Waals surface area (Å²) in [7, 11) is 0. The molecule has 1 aromatic carbocycles. The van der Waals surface area contributed by atoms with Crippen molar-refractivity contribution in [3.8, 4) is 5.75 Å². The molecule has 5 nitrogen and oxygen atoms in total. The number of hydrogen-bond donors (Lipinski definition) is 2. The Morgan fingerprint density at radius 1 is 1.25 bits per heavy atom. The van der Waals surface area contributed by atoms with Gasteiger partial charge in [0.15, 0.2) is 6.61 Å². The molecule has 0 atom stereocenters. The number of esters is 1. The zero-order chi connectivity index (χ0) is 15.0. The summed E-state index contributed by atoms with van der Waals surface area (Å²) in [6.45, 7) is -0.456. The Morgan fingerprint density at radius 2 is 1.95 bits per heavy atom. The fourth-order valence-corrected chi connectivity index (χ4v) is 1.81. The largest absolute Gasteiger partial charge is 0.480 e. The lowest BCUT2D eigenvalue weighted by Gasteiger charge is -2.11. The minimum Gasteiger partial charge on any atom is -0.480 e. The van der Waals surface area contributed by atoms with E-state index < -0.39 is 5.97 Å². The zero-order valence-corrected chi connectivity index (χ0v) is 12.2. The smallest absolute Gasteiger partial charge is 0.344 e. The van der Waals surface area contributed by atoms with Crippen molar-refractivity contribution in [1.82, 2.24) is 0 Å². The fraction of sp³-hybridized carbons (Fsp3) is 0.462. The monoisotopic (exact) mass is 322 g/mol. The number of aliphatic hydroxyl groups is 2. The van der Waals surface area contributed by atoms with Crippen LogP contribution < -0.4 is 4.74 Å². The molecule has 0 fully saturated rings. The van der Waals surface area contributed by atoms with Gasteiger partial charge >= 0.3 is 5.97 Å². The summed E-state index contributed by atoms with van der Waals surface area (Å²) < 4.78 is 10.1. The molecule has 0 aromatic heterocycles. The van der Waals surface area contributed by atoms with Crippen LogP contribution in [0.15, 0.2) is 18.2 Å². The molecule has 0 saturated heterocycles. The topological polar surface area (TPSA) is 76.0 Å². The fourth-order valence-electron chi connectivity index (χ4n) is 1.35. The molecule has 20 heavy (non-hydrogen) atoms. The van der Waals surface area contributed by atoms with Crippen LogP contribution in [0.3, 0.4) is 0 Å². The normalized spacial score (nSPS) is 10.7. The second kappa shape index (κ2) is 9.02. The summed E-state index contributed by atoms with van der Waals surface area (Å²) >= 11 is 11.6. The molecule has 2 N–H and O–H groups in total. The van der Waals surface area contributed by atoms with Gasteiger partial charge in [0.05, 0.1) is 11.6 Å². The van der Waals surface area contributed by atoms with Gasteiger partial charge in [-0.25, -0.2) is 4.79 Å². The van der Waals surface area contributed by atoms with Crippen molar-refractivity contribution in [2.75, 3.05) is 26.4 Å². The molecule has 1 rings (SSSR count). The molecule has 112 valence electrons. The summed E-state index contributed by atoms with van der Waals surface area (Å²) in [4.78, 5) is 11.4. The standard InChI is InChI=1S/C13H16Cl2O5/c14-10-1-2-12(11(15)5-10)20-8-13(18)19-4-3-9(6-16)7-17/h1-2,5,9,16-17H,3-4,6-8H2. The van der Waals surface area contributed by atoms with Gasteiger partial charge in [0.1, 0.15) is 5.75 Å². The number of carbonyl (C=O) groups is 1. The van der Waals surface area contributed by atoms with E-state index in [1.807, 2.05) is 0 Å². The summed E-state index contributed by atoms with van der Waals surface area (Å²) in [5, 5.41) is 18.5. The third kappa shape index (κ3) is 5.96. The third-order valence-corrected chi connectivity index (χ3v) is 3.08. The Hall–Kier alpha value is -1.01. The highest BCUT2D eigenvalue weighted by atomic mass is 35.5. The van der Waals surface area contributed by atoms with Crippen molar-refractivity contribution in [3.63, 3.8) is 0 Å². The van der Waals surface area contributed by atoms with Crippen LogP contribution >= 0.6 is 23.2 Å². The maximum absolute atomic E-state index is 11.4. The first-order valence-electron chi connectivity index (χ1n) is 6.02. The van der Waals surface area contributed by atoms with Crippen molar-refractivity contribution in [3.05, 3.63) is 28.2 Å². The molecule has 0 unspecified atom stereocenters. The van der Waals surface area contributed by atoms with Gasteiger partial charge in [0.2, 0.25) is 0 Å². The van der Waals surface area contributed by atoms with E-state index in [1.54, 1.807) is 12.1 Å². The SMILES string of the molecule is O=C(COc1ccc(Cl)cc1Cl)OCCC(CO)CO. The number of halogens is 2. The molecule has 0 radical (unpaired) electrons. The van der Waals surface area contributed by atoms with Gasteiger partial charge in [-0.05, 0) is 24.6 Å². The second-order valence-electron chi connectivity index (χ2n) is 4.10. The highest BCUT2D eigenvalue weighted by Gasteiger charge is 2.10. The van der Waals surface area contributed by atoms with Gasteiger partial charge in [-0.2, -0.15) is 0 Å². The van der Waals surface area contributed by atoms with Gasteiger partial charge in [0, 0.05) is 24.2 Å². The van der Waals surface area contributed by atoms with E-state index in [4.69, 9.17) is 42.9 Å². The molecular formula is C13H16Cl2O5. The summed E-state index contributed by atoms with van der Waals surface area (Å²) in [5.41, 5.74) is 0. The lowest BCUT2D eigenvalue weighted by atomic mass is 10.1. The highest BCUT2D eigenvalue weighted by molar-refractivity contribution is 6.35. The van der Waals surface area contributed by atoms with E-state index in [0.717, 1.165) is 0 Å². The molecule has 0 amide bonds. The van der Waals surface area contributed by atoms with Crippen LogP contribution in [0.5, 0.6) is 5.75 Å². The molecule has 1 aromatic rings. The number of rotatable bonds is 8. The number of hydrogen-bond acceptors (Lipinski definition) is 5. The summed E-state index contributed by atoms with van der Waals surface area (Å²) in [5.74, 6) is -0.489. The molecule has 0 heterocycles. The third-order valence-electron chi connectivity index (χ3n) is 2.54. The number of aliphatic hydroxyl groups excluding tert-OH is 2. The van der Waals surface area contributed by atoms with Crippen LogP contribution in [-0.4, -0.2) is 42.6 Å². The van der Waals surface area contributed by atoms with Crippen LogP contribution in [0.4, 0.5) is 0 Å². The summed E-state index contributed by atoms with van der Waals surface area (Å²) in [6, 6.07) is 4.67. The lowest BCUT2D eigenvalue weighted by Crippen LogP contribution is -2.19. The number of benzene rings is 1. The first-order chi connectivity index (χ1) is 9.56. The van der Waals surface area contributed by atoms with Crippen LogP contribution in [0.1, 0.15) is 6.42 Å². The zero-order valence-electron chi connectivity index (χ0n) is 10.7. The predicted molar refractivity (Wildman–Crippen MR) is 75.2 cm³/mol. The van der Waals surface area contributed by atoms with E-state index in [0.29, 0.717) is 22.2 Å². The molecule has 7 heteroatoms. The van der Waals surface area contributed by atoms with E-state index in [9.17, 15) is 4.79 Å². The van der Waals surface area contributed by atoms with Gasteiger partial charge in [-0.1, -0.05) is 23.2 Å². The van der Waals surface area contributed by atoms with Gasteiger partial charge in [-0.15, -0.1) is 0 Å². The molecular weight excluding hydrogens is 307 g/mol. The number of carbonyl (C=O) groups excluding carboxylic acids is 1. The first kappa shape index (κ1) is 17.0. The molecule has 0 aliphatic carbocycles. The minimum atomic E-state index is -0.550. The molecule has 0 aliphatic rings. The Morgan fingerprint density at radius 3 is 2.55 bits per heavy atom. The Balaban J connectivity index is 2.29. The maximum atomic E-state index is 11.4. The van der Waals surface area contributed by atoms with E-state index in [1.165, 1.54) is 6.07 Å². The van der Waals surface area contributed by atoms with Crippen LogP contribution in [0, 0.1) is 5.92 Å². The van der Waals surface area contributed by atoms with Crippen molar-refractivity contribution < 1.29 is 24.5 Å². The van der Waals surface area contributed by atoms with Gasteiger partial charge in [0.25, 0.3) is 0 Å². The predicted octanol–water partition coefficient (Wildman–Crippen LogP) is 1.91. The van der Waals surface area contributed by atoms with Crippen LogP contribution in [0.2, 0.25) is 10.0 Å². The summed E-state index contributed by atoms with van der Waals surface area (Å²) in [6.07, 6.45) is 0.389. The maximum Gasteiger partial charge on any atom is 0.344 e. The molecule has 0 bridgehead atoms. The Kier molecular flexibility index (Phi) is 7.69. The first-order valence-corrected chi connectivity index (χ1v) is 6.77. The lowest BCUT2D eigenvalue weighted by molar-refractivity contribution is -0.146. The van der Waals surface area contributed by atoms with E-state index in [-0.39, 0.29) is 32.3 Å². The second-order valence-corrected chi connectivity index (χ2v) is 4.95. The molecule has 0 aliphatic heterocycles. The minimum absolute atomic E-state index is 0.113. The van der Waals surface area contributed by atoms with Crippen LogP contribution in [0.25, 0.3) is 0 Å². The Labute approximate surface area is 127 Å². The molecule has 0 spiro atoms. The van der Waals surface area contributed by atoms with Crippen molar-refractivity contribution in [2.45, 2.75) is 6.42 Å². The van der Waals surface area contributed by atoms with Gasteiger partial charge in [-0.3, -0.25) is 0 Å². The average molecular weight is 323 g/mol. The number of ether oxygens (including phenoxy) is 2. The van der Waals surface area contributed by atoms with Crippen molar-refractivity contribution in [2.24, 2.45) is 5.92 Å². The average Bonchev–Trinajstić information content (AvgIpc) is 2.42. The van der Waals surface area contributed by atoms with Crippen molar-refractivity contribution >= 4 is 29.2 Å².